The fourth-order valence-electron chi connectivity index (χ4n) is 5.06. The van der Waals surface area contributed by atoms with E-state index in [1.165, 1.54) is 17.8 Å². The molecule has 9 heteroatoms. The Morgan fingerprint density at radius 2 is 1.29 bits per heavy atom. The summed E-state index contributed by atoms with van der Waals surface area (Å²) in [6, 6.07) is 44.2. The maximum Gasteiger partial charge on any atom is 0.272 e. The van der Waals surface area contributed by atoms with Crippen LogP contribution in [-0.4, -0.2) is 17.7 Å². The van der Waals surface area contributed by atoms with Crippen LogP contribution in [0.1, 0.15) is 26.7 Å². The van der Waals surface area contributed by atoms with E-state index in [0.717, 1.165) is 21.2 Å². The SMILES string of the molecule is O=C(Nc1ccc(SC(C(=O)Nc2ccc3ccccc3c2)c2ccccc2)cc1)/C(=C/c1cccc(Cl)c1Cl)NC(=O)c1ccccc1. The lowest BCUT2D eigenvalue weighted by Gasteiger charge is -2.18. The van der Waals surface area contributed by atoms with Crippen LogP contribution in [0.2, 0.25) is 10.0 Å². The van der Waals surface area contributed by atoms with E-state index < -0.39 is 17.1 Å². The van der Waals surface area contributed by atoms with E-state index in [-0.39, 0.29) is 16.6 Å². The van der Waals surface area contributed by atoms with Gasteiger partial charge in [-0.1, -0.05) is 114 Å². The number of hydrogen-bond donors (Lipinski definition) is 3. The van der Waals surface area contributed by atoms with Crippen molar-refractivity contribution in [3.63, 3.8) is 0 Å². The second-order valence-corrected chi connectivity index (χ2v) is 12.9. The van der Waals surface area contributed by atoms with Gasteiger partial charge in [0.15, 0.2) is 0 Å². The van der Waals surface area contributed by atoms with Crippen molar-refractivity contribution in [2.75, 3.05) is 10.6 Å². The van der Waals surface area contributed by atoms with Gasteiger partial charge in [0, 0.05) is 21.8 Å². The van der Waals surface area contributed by atoms with E-state index in [1.54, 1.807) is 60.7 Å². The fourth-order valence-corrected chi connectivity index (χ4v) is 6.44. The molecule has 0 saturated carbocycles. The van der Waals surface area contributed by atoms with E-state index in [4.69, 9.17) is 23.2 Å². The van der Waals surface area contributed by atoms with E-state index in [2.05, 4.69) is 16.0 Å². The first-order valence-electron chi connectivity index (χ1n) is 15.3. The second-order valence-electron chi connectivity index (χ2n) is 11.0. The lowest BCUT2D eigenvalue weighted by atomic mass is 10.1. The Hall–Kier alpha value is -5.34. The van der Waals surface area contributed by atoms with Gasteiger partial charge in [-0.3, -0.25) is 14.4 Å². The summed E-state index contributed by atoms with van der Waals surface area (Å²) in [5.74, 6) is -1.18. The van der Waals surface area contributed by atoms with Crippen molar-refractivity contribution in [3.8, 4) is 0 Å². The Morgan fingerprint density at radius 1 is 0.633 bits per heavy atom. The normalized spacial score (nSPS) is 11.8. The summed E-state index contributed by atoms with van der Waals surface area (Å²) < 4.78 is 0. The predicted molar refractivity (Wildman–Crippen MR) is 201 cm³/mol. The van der Waals surface area contributed by atoms with Crippen LogP contribution in [0, 0.1) is 0 Å². The Balaban J connectivity index is 1.20. The number of amides is 3. The number of rotatable bonds is 10. The number of carbonyl (C=O) groups excluding carboxylic acids is 3. The van der Waals surface area contributed by atoms with Crippen LogP contribution in [-0.2, 0) is 9.59 Å². The van der Waals surface area contributed by atoms with Gasteiger partial charge < -0.3 is 16.0 Å². The molecule has 0 radical (unpaired) electrons. The van der Waals surface area contributed by atoms with Gasteiger partial charge in [0.05, 0.1) is 10.0 Å². The molecule has 6 aromatic rings. The minimum absolute atomic E-state index is 0.0222. The number of anilines is 2. The van der Waals surface area contributed by atoms with Crippen molar-refractivity contribution in [1.82, 2.24) is 5.32 Å². The summed E-state index contributed by atoms with van der Waals surface area (Å²) in [7, 11) is 0. The molecular formula is C40H29Cl2N3O3S. The quantitative estimate of drug-likeness (QED) is 0.0980. The molecule has 1 atom stereocenters. The minimum Gasteiger partial charge on any atom is -0.325 e. The third-order valence-electron chi connectivity index (χ3n) is 7.53. The topological polar surface area (TPSA) is 87.3 Å². The molecule has 0 aliphatic rings. The van der Waals surface area contributed by atoms with Gasteiger partial charge in [-0.2, -0.15) is 0 Å². The van der Waals surface area contributed by atoms with Crippen LogP contribution >= 0.6 is 35.0 Å². The summed E-state index contributed by atoms with van der Waals surface area (Å²) in [5, 5.41) is 10.8. The van der Waals surface area contributed by atoms with Crippen LogP contribution in [0.4, 0.5) is 11.4 Å². The molecule has 0 spiro atoms. The number of thioether (sulfide) groups is 1. The largest absolute Gasteiger partial charge is 0.325 e. The lowest BCUT2D eigenvalue weighted by molar-refractivity contribution is -0.116. The monoisotopic (exact) mass is 701 g/mol. The number of halogens is 2. The molecule has 49 heavy (non-hydrogen) atoms. The molecule has 0 heterocycles. The number of hydrogen-bond acceptors (Lipinski definition) is 4. The van der Waals surface area contributed by atoms with Gasteiger partial charge in [-0.25, -0.2) is 0 Å². The van der Waals surface area contributed by atoms with Crippen LogP contribution in [0.15, 0.2) is 156 Å². The average molecular weight is 703 g/mol. The molecule has 242 valence electrons. The van der Waals surface area contributed by atoms with Crippen molar-refractivity contribution < 1.29 is 14.4 Å². The third-order valence-corrected chi connectivity index (χ3v) is 9.63. The van der Waals surface area contributed by atoms with Crippen molar-refractivity contribution in [1.29, 1.82) is 0 Å². The van der Waals surface area contributed by atoms with Gasteiger partial charge in [-0.05, 0) is 82.6 Å². The van der Waals surface area contributed by atoms with Crippen molar-refractivity contribution in [2.45, 2.75) is 10.1 Å². The highest BCUT2D eigenvalue weighted by molar-refractivity contribution is 8.00. The molecule has 0 aromatic heterocycles. The van der Waals surface area contributed by atoms with Gasteiger partial charge in [0.2, 0.25) is 5.91 Å². The van der Waals surface area contributed by atoms with Crippen molar-refractivity contribution in [3.05, 3.63) is 178 Å². The number of fused-ring (bicyclic) bond motifs is 1. The highest BCUT2D eigenvalue weighted by Gasteiger charge is 2.23. The second kappa shape index (κ2) is 15.7. The number of carbonyl (C=O) groups is 3. The van der Waals surface area contributed by atoms with E-state index in [0.29, 0.717) is 27.5 Å². The zero-order chi connectivity index (χ0) is 34.2. The first-order valence-corrected chi connectivity index (χ1v) is 16.9. The predicted octanol–water partition coefficient (Wildman–Crippen LogP) is 10.0. The highest BCUT2D eigenvalue weighted by atomic mass is 35.5. The van der Waals surface area contributed by atoms with Gasteiger partial charge in [-0.15, -0.1) is 11.8 Å². The average Bonchev–Trinajstić information content (AvgIpc) is 3.13. The summed E-state index contributed by atoms with van der Waals surface area (Å²) in [6.07, 6.45) is 1.48. The van der Waals surface area contributed by atoms with Crippen LogP contribution in [0.5, 0.6) is 0 Å². The van der Waals surface area contributed by atoms with Crippen molar-refractivity contribution in [2.24, 2.45) is 0 Å². The molecule has 3 amide bonds. The number of nitrogens with one attached hydrogen (secondary N) is 3. The first kappa shape index (κ1) is 33.6. The Morgan fingerprint density at radius 3 is 2.02 bits per heavy atom. The molecule has 0 bridgehead atoms. The molecule has 3 N–H and O–H groups in total. The van der Waals surface area contributed by atoms with Crippen molar-refractivity contribution >= 4 is 80.9 Å². The summed E-state index contributed by atoms with van der Waals surface area (Å²) in [5.41, 5.74) is 2.89. The molecule has 0 aliphatic heterocycles. The van der Waals surface area contributed by atoms with Crippen LogP contribution < -0.4 is 16.0 Å². The maximum absolute atomic E-state index is 13.7. The summed E-state index contributed by atoms with van der Waals surface area (Å²) in [6.45, 7) is 0. The molecule has 6 aromatic carbocycles. The Bertz CT molecular complexity index is 2160. The lowest BCUT2D eigenvalue weighted by Crippen LogP contribution is -2.30. The molecule has 1 unspecified atom stereocenters. The zero-order valence-electron chi connectivity index (χ0n) is 25.9. The molecular weight excluding hydrogens is 673 g/mol. The van der Waals surface area contributed by atoms with Gasteiger partial charge >= 0.3 is 0 Å². The Labute approximate surface area is 298 Å². The fraction of sp³-hybridized carbons (Fsp3) is 0.0250. The highest BCUT2D eigenvalue weighted by Crippen LogP contribution is 2.37. The third kappa shape index (κ3) is 8.58. The zero-order valence-corrected chi connectivity index (χ0v) is 28.2. The smallest absolute Gasteiger partial charge is 0.272 e. The van der Waals surface area contributed by atoms with E-state index in [1.807, 2.05) is 84.9 Å². The van der Waals surface area contributed by atoms with E-state index >= 15 is 0 Å². The minimum atomic E-state index is -0.558. The van der Waals surface area contributed by atoms with Gasteiger partial charge in [0.25, 0.3) is 11.8 Å². The van der Waals surface area contributed by atoms with Crippen LogP contribution in [0.25, 0.3) is 16.8 Å². The summed E-state index contributed by atoms with van der Waals surface area (Å²) in [4.78, 5) is 41.1. The maximum atomic E-state index is 13.7. The van der Waals surface area contributed by atoms with Gasteiger partial charge in [0.1, 0.15) is 10.9 Å². The molecule has 0 saturated heterocycles. The Kier molecular flexibility index (Phi) is 10.8. The standard InChI is InChI=1S/C40H29Cl2N3O3S/c41-34-17-9-16-30(36(34)42)25-35(45-38(46)28-13-5-2-6-14-28)39(47)43-31-20-22-33(23-21-31)49-37(27-11-3-1-4-12-27)40(48)44-32-19-18-26-10-7-8-15-29(26)24-32/h1-25,37H,(H,43,47)(H,44,48)(H,45,46)/b35-25-. The van der Waals surface area contributed by atoms with E-state index in [9.17, 15) is 14.4 Å². The molecule has 0 aliphatic carbocycles. The molecule has 0 fully saturated rings. The summed E-state index contributed by atoms with van der Waals surface area (Å²) >= 11 is 14.0. The molecule has 6 rings (SSSR count). The number of benzene rings is 6. The van der Waals surface area contributed by atoms with Crippen LogP contribution in [0.3, 0.4) is 0 Å². The molecule has 6 nitrogen and oxygen atoms in total. The first-order chi connectivity index (χ1) is 23.8.